The predicted octanol–water partition coefficient (Wildman–Crippen LogP) is 3.76. The lowest BCUT2D eigenvalue weighted by molar-refractivity contribution is -0.163. The van der Waals surface area contributed by atoms with Gasteiger partial charge >= 0.3 is 5.97 Å². The van der Waals surface area contributed by atoms with Gasteiger partial charge in [-0.25, -0.2) is 13.2 Å². The Kier molecular flexibility index (Phi) is 4.45. The Balaban J connectivity index is 1.94. The van der Waals surface area contributed by atoms with Crippen LogP contribution in [-0.4, -0.2) is 24.7 Å². The van der Waals surface area contributed by atoms with Crippen molar-refractivity contribution in [2.24, 2.45) is 23.7 Å². The molecule has 0 radical (unpaired) electrons. The minimum absolute atomic E-state index is 0.182. The molecule has 2 aliphatic rings. The van der Waals surface area contributed by atoms with E-state index in [4.69, 9.17) is 4.74 Å². The van der Waals surface area contributed by atoms with Crippen molar-refractivity contribution >= 4 is 5.97 Å². The van der Waals surface area contributed by atoms with Crippen molar-refractivity contribution in [3.63, 3.8) is 0 Å². The summed E-state index contributed by atoms with van der Waals surface area (Å²) in [7, 11) is 0. The average Bonchev–Trinajstić information content (AvgIpc) is 2.99. The Bertz CT molecular complexity index is 393. The van der Waals surface area contributed by atoms with E-state index < -0.39 is 31.1 Å². The van der Waals surface area contributed by atoms with Crippen molar-refractivity contribution in [2.75, 3.05) is 6.67 Å². The molecule has 0 saturated heterocycles. The predicted molar refractivity (Wildman–Crippen MR) is 69.1 cm³/mol. The van der Waals surface area contributed by atoms with Gasteiger partial charge in [-0.2, -0.15) is 0 Å². The summed E-state index contributed by atoms with van der Waals surface area (Å²) in [4.78, 5) is 12.1. The number of fused-ring (bicyclic) bond motifs is 2. The van der Waals surface area contributed by atoms with Crippen molar-refractivity contribution in [1.82, 2.24) is 0 Å². The van der Waals surface area contributed by atoms with E-state index in [9.17, 15) is 18.0 Å². The molecule has 2 rings (SSSR count). The highest BCUT2D eigenvalue weighted by atomic mass is 19.3. The van der Waals surface area contributed by atoms with Crippen LogP contribution in [-0.2, 0) is 9.53 Å². The normalized spacial score (nSPS) is 30.0. The van der Waals surface area contributed by atoms with Crippen LogP contribution in [0.1, 0.15) is 33.1 Å². The standard InChI is InChI=1S/C15H21F3O2/c1-9(2)13(7-15(17,18)8-16)20-14(19)12-6-10-3-4-11(12)5-10/h3-4,9-13H,5-8H2,1-2H3. The Morgan fingerprint density at radius 1 is 1.35 bits per heavy atom. The van der Waals surface area contributed by atoms with Gasteiger partial charge in [-0.15, -0.1) is 0 Å². The first-order chi connectivity index (χ1) is 9.32. The Morgan fingerprint density at radius 2 is 2.05 bits per heavy atom. The van der Waals surface area contributed by atoms with Crippen LogP contribution >= 0.6 is 0 Å². The maximum atomic E-state index is 13.2. The molecule has 114 valence electrons. The van der Waals surface area contributed by atoms with Gasteiger partial charge in [0.15, 0.2) is 6.67 Å². The van der Waals surface area contributed by atoms with Gasteiger partial charge in [-0.3, -0.25) is 4.79 Å². The van der Waals surface area contributed by atoms with Gasteiger partial charge < -0.3 is 4.74 Å². The number of hydrogen-bond acceptors (Lipinski definition) is 2. The molecule has 0 aromatic carbocycles. The van der Waals surface area contributed by atoms with Crippen LogP contribution in [0.3, 0.4) is 0 Å². The highest BCUT2D eigenvalue weighted by molar-refractivity contribution is 5.74. The number of hydrogen-bond donors (Lipinski definition) is 0. The second-order valence-corrected chi connectivity index (χ2v) is 6.30. The number of allylic oxidation sites excluding steroid dienone is 2. The number of esters is 1. The van der Waals surface area contributed by atoms with Gasteiger partial charge in [0.25, 0.3) is 5.92 Å². The largest absolute Gasteiger partial charge is 0.462 e. The second-order valence-electron chi connectivity index (χ2n) is 6.30. The van der Waals surface area contributed by atoms with Gasteiger partial charge in [-0.05, 0) is 30.6 Å². The Labute approximate surface area is 117 Å². The fourth-order valence-corrected chi connectivity index (χ4v) is 3.05. The maximum absolute atomic E-state index is 13.2. The molecule has 0 amide bonds. The molecule has 5 heteroatoms. The first-order valence-electron chi connectivity index (χ1n) is 7.15. The summed E-state index contributed by atoms with van der Waals surface area (Å²) in [6.07, 6.45) is 4.13. The monoisotopic (exact) mass is 290 g/mol. The Hall–Kier alpha value is -1.00. The average molecular weight is 290 g/mol. The lowest BCUT2D eigenvalue weighted by atomic mass is 9.93. The first kappa shape index (κ1) is 15.4. The van der Waals surface area contributed by atoms with Crippen molar-refractivity contribution < 1.29 is 22.7 Å². The molecule has 1 fully saturated rings. The topological polar surface area (TPSA) is 26.3 Å². The smallest absolute Gasteiger partial charge is 0.309 e. The first-order valence-corrected chi connectivity index (χ1v) is 7.15. The Morgan fingerprint density at radius 3 is 2.50 bits per heavy atom. The number of carbonyl (C=O) groups is 1. The van der Waals surface area contributed by atoms with E-state index in [-0.39, 0.29) is 17.8 Å². The molecule has 0 spiro atoms. The minimum Gasteiger partial charge on any atom is -0.462 e. The molecule has 2 nitrogen and oxygen atoms in total. The third-order valence-corrected chi connectivity index (χ3v) is 4.29. The summed E-state index contributed by atoms with van der Waals surface area (Å²) < 4.78 is 43.8. The molecule has 2 aliphatic carbocycles. The summed E-state index contributed by atoms with van der Waals surface area (Å²) in [6, 6.07) is 0. The molecular formula is C15H21F3O2. The van der Waals surface area contributed by atoms with E-state index in [0.717, 1.165) is 12.8 Å². The van der Waals surface area contributed by atoms with Gasteiger partial charge in [0.1, 0.15) is 6.10 Å². The highest BCUT2D eigenvalue weighted by Crippen LogP contribution is 2.44. The molecule has 4 atom stereocenters. The number of ether oxygens (including phenoxy) is 1. The van der Waals surface area contributed by atoms with Gasteiger partial charge in [0.05, 0.1) is 12.3 Å². The molecule has 2 bridgehead atoms. The van der Waals surface area contributed by atoms with Crippen LogP contribution in [0.25, 0.3) is 0 Å². The summed E-state index contributed by atoms with van der Waals surface area (Å²) in [6.45, 7) is 1.69. The molecule has 1 saturated carbocycles. The molecular weight excluding hydrogens is 269 g/mol. The molecule has 0 aromatic heterocycles. The summed E-state index contributed by atoms with van der Waals surface area (Å²) in [5.41, 5.74) is 0. The van der Waals surface area contributed by atoms with E-state index in [1.807, 2.05) is 6.08 Å². The summed E-state index contributed by atoms with van der Waals surface area (Å²) in [5, 5.41) is 0. The molecule has 0 aliphatic heterocycles. The zero-order valence-electron chi connectivity index (χ0n) is 11.8. The van der Waals surface area contributed by atoms with Crippen LogP contribution in [0, 0.1) is 23.7 Å². The summed E-state index contributed by atoms with van der Waals surface area (Å²) in [5.74, 6) is -3.71. The van der Waals surface area contributed by atoms with E-state index in [0.29, 0.717) is 5.92 Å². The third kappa shape index (κ3) is 3.36. The van der Waals surface area contributed by atoms with Crippen LogP contribution in [0.2, 0.25) is 0 Å². The number of carbonyl (C=O) groups excluding carboxylic acids is 1. The van der Waals surface area contributed by atoms with Gasteiger partial charge in [0, 0.05) is 0 Å². The molecule has 0 N–H and O–H groups in total. The van der Waals surface area contributed by atoms with Crippen molar-refractivity contribution in [3.05, 3.63) is 12.2 Å². The van der Waals surface area contributed by atoms with E-state index in [1.54, 1.807) is 13.8 Å². The van der Waals surface area contributed by atoms with E-state index in [2.05, 4.69) is 6.08 Å². The van der Waals surface area contributed by atoms with E-state index in [1.165, 1.54) is 0 Å². The van der Waals surface area contributed by atoms with Gasteiger partial charge in [0.2, 0.25) is 0 Å². The lowest BCUT2D eigenvalue weighted by Gasteiger charge is -2.27. The number of rotatable bonds is 6. The quantitative estimate of drug-likeness (QED) is 0.550. The second kappa shape index (κ2) is 5.78. The van der Waals surface area contributed by atoms with Gasteiger partial charge in [-0.1, -0.05) is 26.0 Å². The lowest BCUT2D eigenvalue weighted by Crippen LogP contribution is -2.35. The fourth-order valence-electron chi connectivity index (χ4n) is 3.05. The third-order valence-electron chi connectivity index (χ3n) is 4.29. The maximum Gasteiger partial charge on any atom is 0.309 e. The molecule has 4 unspecified atom stereocenters. The van der Waals surface area contributed by atoms with Crippen LogP contribution in [0.4, 0.5) is 13.2 Å². The van der Waals surface area contributed by atoms with Crippen molar-refractivity contribution in [3.8, 4) is 0 Å². The van der Waals surface area contributed by atoms with Crippen molar-refractivity contribution in [2.45, 2.75) is 45.1 Å². The minimum atomic E-state index is -3.43. The fraction of sp³-hybridized carbons (Fsp3) is 0.800. The molecule has 0 aromatic rings. The van der Waals surface area contributed by atoms with Crippen LogP contribution in [0.15, 0.2) is 12.2 Å². The summed E-state index contributed by atoms with van der Waals surface area (Å²) >= 11 is 0. The van der Waals surface area contributed by atoms with E-state index >= 15 is 0 Å². The van der Waals surface area contributed by atoms with Crippen LogP contribution in [0.5, 0.6) is 0 Å². The zero-order chi connectivity index (χ0) is 14.9. The van der Waals surface area contributed by atoms with Crippen LogP contribution < -0.4 is 0 Å². The number of halogens is 3. The SMILES string of the molecule is CC(C)C(CC(F)(F)CF)OC(=O)C1CC2C=CC1C2. The highest BCUT2D eigenvalue weighted by Gasteiger charge is 2.43. The molecule has 20 heavy (non-hydrogen) atoms. The number of alkyl halides is 3. The molecule has 0 heterocycles. The van der Waals surface area contributed by atoms with Crippen molar-refractivity contribution in [1.29, 1.82) is 0 Å². The zero-order valence-corrected chi connectivity index (χ0v) is 11.8.